The Balaban J connectivity index is 1.59. The molecule has 1 amide bonds. The number of alkyl carbamates (subject to hydrolysis) is 1. The third-order valence-corrected chi connectivity index (χ3v) is 6.69. The first-order valence-corrected chi connectivity index (χ1v) is 12.5. The number of imidazole rings is 1. The van der Waals surface area contributed by atoms with Crippen LogP contribution in [0.3, 0.4) is 0 Å². The average molecular weight is 515 g/mol. The Morgan fingerprint density at radius 3 is 2.26 bits per heavy atom. The lowest BCUT2D eigenvalue weighted by Crippen LogP contribution is -2.52. The van der Waals surface area contributed by atoms with E-state index in [4.69, 9.17) is 14.5 Å². The minimum Gasteiger partial charge on any atom is -0.493 e. The summed E-state index contributed by atoms with van der Waals surface area (Å²) in [4.78, 5) is 29.2. The van der Waals surface area contributed by atoms with Gasteiger partial charge in [0.1, 0.15) is 11.3 Å². The summed E-state index contributed by atoms with van der Waals surface area (Å²) in [6, 6.07) is 18.9. The number of rotatable bonds is 6. The molecule has 38 heavy (non-hydrogen) atoms. The molecule has 196 valence electrons. The number of nitrogens with zero attached hydrogens (tertiary/aromatic N) is 3. The number of carboxylic acid groups (broad SMARTS) is 1. The fraction of sp³-hybridized carbons (Fsp3) is 0.310. The lowest BCUT2D eigenvalue weighted by molar-refractivity contribution is 0.0377. The van der Waals surface area contributed by atoms with E-state index in [9.17, 15) is 14.7 Å². The Bertz CT molecular complexity index is 1500. The van der Waals surface area contributed by atoms with Crippen LogP contribution in [0.25, 0.3) is 28.2 Å². The number of hydrogen-bond donors (Lipinski definition) is 2. The minimum absolute atomic E-state index is 0.147. The van der Waals surface area contributed by atoms with Gasteiger partial charge in [0.15, 0.2) is 17.1 Å². The van der Waals surface area contributed by atoms with Crippen molar-refractivity contribution < 1.29 is 24.2 Å². The molecule has 0 aliphatic heterocycles. The van der Waals surface area contributed by atoms with Crippen molar-refractivity contribution in [2.45, 2.75) is 51.2 Å². The van der Waals surface area contributed by atoms with Crippen LogP contribution in [-0.4, -0.2) is 44.5 Å². The molecule has 1 saturated carbocycles. The molecule has 9 nitrogen and oxygen atoms in total. The standard InChI is InChI=1S/C29H30N4O5/c1-28(2,3)38-27(36)31-29(15-8-16-29)20-13-11-18(12-14-20)23-24(19-9-6-5-7-10-19)33-25(30-23)22(37-4)17-21(32-33)26(34)35/h5-7,9-14,17H,8,15-16H2,1-4H3,(H,31,36)(H,34,35). The highest BCUT2D eigenvalue weighted by Crippen LogP contribution is 2.43. The molecular weight excluding hydrogens is 484 g/mol. The zero-order valence-electron chi connectivity index (χ0n) is 21.8. The van der Waals surface area contributed by atoms with E-state index in [2.05, 4.69) is 10.4 Å². The second kappa shape index (κ2) is 9.48. The van der Waals surface area contributed by atoms with Crippen molar-refractivity contribution in [3.63, 3.8) is 0 Å². The molecule has 0 spiro atoms. The largest absolute Gasteiger partial charge is 0.493 e. The molecular formula is C29H30N4O5. The fourth-order valence-electron chi connectivity index (χ4n) is 4.77. The number of aromatic carboxylic acids is 1. The van der Waals surface area contributed by atoms with Gasteiger partial charge >= 0.3 is 12.1 Å². The van der Waals surface area contributed by atoms with Crippen LogP contribution < -0.4 is 10.1 Å². The van der Waals surface area contributed by atoms with Gasteiger partial charge in [0.2, 0.25) is 0 Å². The first-order chi connectivity index (χ1) is 18.1. The van der Waals surface area contributed by atoms with Crippen molar-refractivity contribution in [3.8, 4) is 28.3 Å². The predicted molar refractivity (Wildman–Crippen MR) is 142 cm³/mol. The number of carbonyl (C=O) groups excluding carboxylic acids is 1. The molecule has 0 unspecified atom stereocenters. The Morgan fingerprint density at radius 2 is 1.71 bits per heavy atom. The lowest BCUT2D eigenvalue weighted by atomic mass is 9.71. The summed E-state index contributed by atoms with van der Waals surface area (Å²) in [5.41, 5.74) is 3.16. The molecule has 1 fully saturated rings. The van der Waals surface area contributed by atoms with Gasteiger partial charge in [0.05, 0.1) is 18.3 Å². The summed E-state index contributed by atoms with van der Waals surface area (Å²) in [5, 5.41) is 17.1. The number of hydrogen-bond acceptors (Lipinski definition) is 6. The molecule has 0 radical (unpaired) electrons. The smallest absolute Gasteiger partial charge is 0.408 e. The third kappa shape index (κ3) is 4.67. The SMILES string of the molecule is COc1cc(C(=O)O)nn2c(-c3ccccc3)c(-c3ccc(C4(NC(=O)OC(C)(C)C)CCC4)cc3)nc12. The van der Waals surface area contributed by atoms with Crippen LogP contribution in [0, 0.1) is 0 Å². The van der Waals surface area contributed by atoms with Crippen LogP contribution in [0.4, 0.5) is 4.79 Å². The van der Waals surface area contributed by atoms with Crippen LogP contribution in [0.15, 0.2) is 60.7 Å². The summed E-state index contributed by atoms with van der Waals surface area (Å²) in [7, 11) is 1.47. The van der Waals surface area contributed by atoms with Crippen LogP contribution in [0.1, 0.15) is 56.1 Å². The fourth-order valence-corrected chi connectivity index (χ4v) is 4.77. The van der Waals surface area contributed by atoms with Crippen molar-refractivity contribution >= 4 is 17.7 Å². The average Bonchev–Trinajstić information content (AvgIpc) is 3.25. The number of carboxylic acids is 1. The van der Waals surface area contributed by atoms with E-state index in [1.54, 1.807) is 0 Å². The van der Waals surface area contributed by atoms with E-state index < -0.39 is 23.2 Å². The molecule has 4 aromatic rings. The van der Waals surface area contributed by atoms with E-state index in [1.807, 2.05) is 75.4 Å². The van der Waals surface area contributed by atoms with Gasteiger partial charge in [-0.25, -0.2) is 19.1 Å². The topological polar surface area (TPSA) is 115 Å². The minimum atomic E-state index is -1.16. The maximum atomic E-state index is 12.6. The van der Waals surface area contributed by atoms with Crippen molar-refractivity contribution in [1.29, 1.82) is 0 Å². The maximum absolute atomic E-state index is 12.6. The molecule has 0 atom stereocenters. The molecule has 9 heteroatoms. The van der Waals surface area contributed by atoms with Crippen molar-refractivity contribution in [1.82, 2.24) is 19.9 Å². The Hall–Kier alpha value is -4.40. The van der Waals surface area contributed by atoms with Crippen molar-refractivity contribution in [2.75, 3.05) is 7.11 Å². The van der Waals surface area contributed by atoms with Crippen LogP contribution in [0.2, 0.25) is 0 Å². The Labute approximate surface area is 220 Å². The number of methoxy groups -OCH3 is 1. The number of ether oxygens (including phenoxy) is 2. The number of fused-ring (bicyclic) bond motifs is 1. The van der Waals surface area contributed by atoms with Gasteiger partial charge in [-0.05, 0) is 45.6 Å². The van der Waals surface area contributed by atoms with Crippen LogP contribution in [0.5, 0.6) is 5.75 Å². The van der Waals surface area contributed by atoms with E-state index in [0.717, 1.165) is 36.0 Å². The molecule has 5 rings (SSSR count). The molecule has 2 aromatic heterocycles. The predicted octanol–water partition coefficient (Wildman–Crippen LogP) is 5.67. The summed E-state index contributed by atoms with van der Waals surface area (Å²) < 4.78 is 12.5. The number of amides is 1. The second-order valence-electron chi connectivity index (χ2n) is 10.5. The molecule has 2 aromatic carbocycles. The second-order valence-corrected chi connectivity index (χ2v) is 10.5. The van der Waals surface area contributed by atoms with E-state index in [1.165, 1.54) is 17.7 Å². The van der Waals surface area contributed by atoms with Crippen LogP contribution in [-0.2, 0) is 10.3 Å². The van der Waals surface area contributed by atoms with E-state index in [0.29, 0.717) is 22.8 Å². The van der Waals surface area contributed by atoms with E-state index in [-0.39, 0.29) is 5.69 Å². The van der Waals surface area contributed by atoms with E-state index >= 15 is 0 Å². The normalized spacial score (nSPS) is 14.5. The third-order valence-electron chi connectivity index (χ3n) is 6.69. The zero-order valence-corrected chi connectivity index (χ0v) is 21.8. The molecule has 0 bridgehead atoms. The molecule has 1 aliphatic carbocycles. The summed E-state index contributed by atoms with van der Waals surface area (Å²) in [6.07, 6.45) is 2.24. The first kappa shape index (κ1) is 25.3. The van der Waals surface area contributed by atoms with Crippen molar-refractivity contribution in [3.05, 3.63) is 71.9 Å². The quantitative estimate of drug-likeness (QED) is 0.340. The van der Waals surface area contributed by atoms with Gasteiger partial charge in [-0.3, -0.25) is 0 Å². The Kier molecular flexibility index (Phi) is 6.30. The summed E-state index contributed by atoms with van der Waals surface area (Å²) in [6.45, 7) is 5.53. The molecule has 1 aliphatic rings. The van der Waals surface area contributed by atoms with Gasteiger partial charge in [-0.15, -0.1) is 0 Å². The molecule has 2 heterocycles. The number of carbonyl (C=O) groups is 2. The number of benzene rings is 2. The highest BCUT2D eigenvalue weighted by atomic mass is 16.6. The van der Waals surface area contributed by atoms with Gasteiger partial charge in [0, 0.05) is 17.2 Å². The molecule has 0 saturated heterocycles. The summed E-state index contributed by atoms with van der Waals surface area (Å²) in [5.74, 6) is -0.848. The van der Waals surface area contributed by atoms with Gasteiger partial charge < -0.3 is 19.9 Å². The zero-order chi connectivity index (χ0) is 27.1. The first-order valence-electron chi connectivity index (χ1n) is 12.5. The van der Waals surface area contributed by atoms with Crippen molar-refractivity contribution in [2.24, 2.45) is 0 Å². The number of aromatic nitrogens is 3. The van der Waals surface area contributed by atoms with Gasteiger partial charge in [0.25, 0.3) is 0 Å². The Morgan fingerprint density at radius 1 is 1.03 bits per heavy atom. The highest BCUT2D eigenvalue weighted by molar-refractivity contribution is 5.88. The van der Waals surface area contributed by atoms with Gasteiger partial charge in [-0.1, -0.05) is 54.6 Å². The highest BCUT2D eigenvalue weighted by Gasteiger charge is 2.41. The monoisotopic (exact) mass is 514 g/mol. The van der Waals surface area contributed by atoms with Crippen LogP contribution >= 0.6 is 0 Å². The maximum Gasteiger partial charge on any atom is 0.408 e. The van der Waals surface area contributed by atoms with Gasteiger partial charge in [-0.2, -0.15) is 5.10 Å². The molecule has 2 N–H and O–H groups in total. The summed E-state index contributed by atoms with van der Waals surface area (Å²) >= 11 is 0. The number of nitrogens with one attached hydrogen (secondary N) is 1. The lowest BCUT2D eigenvalue weighted by Gasteiger charge is -2.43.